The molecule has 1 amide bonds. The largest absolute Gasteiger partial charge is 0.480 e. The summed E-state index contributed by atoms with van der Waals surface area (Å²) >= 11 is 1.39. The zero-order valence-corrected chi connectivity index (χ0v) is 10.4. The van der Waals surface area contributed by atoms with Crippen molar-refractivity contribution in [3.8, 4) is 0 Å². The van der Waals surface area contributed by atoms with E-state index in [2.05, 4.69) is 5.32 Å². The molecule has 92 valence electrons. The maximum Gasteiger partial charge on any atom is 0.326 e. The molecular weight excluding hydrogens is 238 g/mol. The molecule has 0 aliphatic carbocycles. The van der Waals surface area contributed by atoms with E-state index < -0.39 is 12.0 Å². The van der Waals surface area contributed by atoms with E-state index in [4.69, 9.17) is 5.11 Å². The molecule has 4 nitrogen and oxygen atoms in total. The van der Waals surface area contributed by atoms with E-state index in [0.717, 1.165) is 4.90 Å². The number of benzene rings is 1. The normalized spacial score (nSPS) is 11.8. The average Bonchev–Trinajstić information content (AvgIpc) is 2.34. The molecule has 17 heavy (non-hydrogen) atoms. The molecule has 0 aromatic heterocycles. The van der Waals surface area contributed by atoms with E-state index in [-0.39, 0.29) is 11.7 Å². The summed E-state index contributed by atoms with van der Waals surface area (Å²) in [5, 5.41) is 11.3. The number of hydrogen-bond donors (Lipinski definition) is 2. The zero-order valence-electron chi connectivity index (χ0n) is 9.55. The number of aliphatic carboxylic acids is 1. The second-order valence-electron chi connectivity index (χ2n) is 3.47. The lowest BCUT2D eigenvalue weighted by Crippen LogP contribution is -2.41. The molecule has 1 aromatic rings. The first-order chi connectivity index (χ1) is 8.13. The van der Waals surface area contributed by atoms with Crippen LogP contribution in [0.1, 0.15) is 13.3 Å². The molecular formula is C12H15NO3S. The number of carbonyl (C=O) groups is 2. The third kappa shape index (κ3) is 4.91. The Kier molecular flexibility index (Phi) is 5.56. The van der Waals surface area contributed by atoms with Crippen molar-refractivity contribution in [2.75, 3.05) is 5.75 Å². The van der Waals surface area contributed by atoms with Gasteiger partial charge in [-0.25, -0.2) is 4.79 Å². The maximum atomic E-state index is 11.5. The molecule has 1 aromatic carbocycles. The van der Waals surface area contributed by atoms with Crippen LogP contribution in [0.25, 0.3) is 0 Å². The molecule has 0 radical (unpaired) electrons. The second-order valence-corrected chi connectivity index (χ2v) is 4.52. The number of hydrogen-bond acceptors (Lipinski definition) is 3. The highest BCUT2D eigenvalue weighted by molar-refractivity contribution is 8.00. The van der Waals surface area contributed by atoms with Gasteiger partial charge in [-0.15, -0.1) is 11.8 Å². The van der Waals surface area contributed by atoms with Gasteiger partial charge in [0.2, 0.25) is 5.91 Å². The Hall–Kier alpha value is -1.49. The van der Waals surface area contributed by atoms with Gasteiger partial charge in [0.15, 0.2) is 0 Å². The molecule has 0 aliphatic rings. The minimum Gasteiger partial charge on any atom is -0.480 e. The van der Waals surface area contributed by atoms with E-state index >= 15 is 0 Å². The van der Waals surface area contributed by atoms with Crippen LogP contribution in [0, 0.1) is 0 Å². The van der Waals surface area contributed by atoms with Crippen molar-refractivity contribution < 1.29 is 14.7 Å². The number of carboxylic acids is 1. The van der Waals surface area contributed by atoms with Crippen LogP contribution < -0.4 is 5.32 Å². The standard InChI is InChI=1S/C12H15NO3S/c1-2-10(12(15)16)13-11(14)8-17-9-6-4-3-5-7-9/h3-7,10H,2,8H2,1H3,(H,13,14)(H,15,16). The van der Waals surface area contributed by atoms with Crippen molar-refractivity contribution >= 4 is 23.6 Å². The second kappa shape index (κ2) is 6.96. The Labute approximate surface area is 104 Å². The SMILES string of the molecule is CCC(NC(=O)CSc1ccccc1)C(=O)O. The maximum absolute atomic E-state index is 11.5. The molecule has 5 heteroatoms. The Morgan fingerprint density at radius 1 is 1.35 bits per heavy atom. The molecule has 0 saturated heterocycles. The van der Waals surface area contributed by atoms with E-state index in [1.807, 2.05) is 30.3 Å². The summed E-state index contributed by atoms with van der Waals surface area (Å²) in [5.41, 5.74) is 0. The smallest absolute Gasteiger partial charge is 0.326 e. The summed E-state index contributed by atoms with van der Waals surface area (Å²) in [6, 6.07) is 8.72. The number of carboxylic acid groups (broad SMARTS) is 1. The summed E-state index contributed by atoms with van der Waals surface area (Å²) < 4.78 is 0. The van der Waals surface area contributed by atoms with Crippen molar-refractivity contribution in [1.29, 1.82) is 0 Å². The van der Waals surface area contributed by atoms with E-state index in [1.54, 1.807) is 6.92 Å². The molecule has 0 spiro atoms. The van der Waals surface area contributed by atoms with Crippen molar-refractivity contribution in [2.24, 2.45) is 0 Å². The van der Waals surface area contributed by atoms with E-state index in [9.17, 15) is 9.59 Å². The van der Waals surface area contributed by atoms with Crippen molar-refractivity contribution in [1.82, 2.24) is 5.32 Å². The number of amides is 1. The van der Waals surface area contributed by atoms with Crippen LogP contribution in [0.4, 0.5) is 0 Å². The van der Waals surface area contributed by atoms with Gasteiger partial charge in [0, 0.05) is 4.90 Å². The summed E-state index contributed by atoms with van der Waals surface area (Å²) in [6.07, 6.45) is 0.386. The van der Waals surface area contributed by atoms with Gasteiger partial charge < -0.3 is 10.4 Å². The molecule has 1 rings (SSSR count). The Balaban J connectivity index is 2.37. The third-order valence-corrected chi connectivity index (χ3v) is 3.17. The summed E-state index contributed by atoms with van der Waals surface area (Å²) in [4.78, 5) is 23.2. The summed E-state index contributed by atoms with van der Waals surface area (Å²) in [6.45, 7) is 1.73. The van der Waals surface area contributed by atoms with Gasteiger partial charge >= 0.3 is 5.97 Å². The lowest BCUT2D eigenvalue weighted by Gasteiger charge is -2.11. The Morgan fingerprint density at radius 3 is 2.53 bits per heavy atom. The monoisotopic (exact) mass is 253 g/mol. The highest BCUT2D eigenvalue weighted by atomic mass is 32.2. The molecule has 2 N–H and O–H groups in total. The minimum atomic E-state index is -0.995. The number of thioether (sulfide) groups is 1. The summed E-state index contributed by atoms with van der Waals surface area (Å²) in [7, 11) is 0. The van der Waals surface area contributed by atoms with Gasteiger partial charge in [0.1, 0.15) is 6.04 Å². The van der Waals surface area contributed by atoms with Crippen LogP contribution in [0.3, 0.4) is 0 Å². The van der Waals surface area contributed by atoms with Crippen LogP contribution in [0.15, 0.2) is 35.2 Å². The molecule has 0 saturated carbocycles. The van der Waals surface area contributed by atoms with Crippen LogP contribution in [0.5, 0.6) is 0 Å². The zero-order chi connectivity index (χ0) is 12.7. The van der Waals surface area contributed by atoms with Crippen molar-refractivity contribution in [2.45, 2.75) is 24.3 Å². The van der Waals surface area contributed by atoms with Gasteiger partial charge in [-0.05, 0) is 18.6 Å². The molecule has 1 unspecified atom stereocenters. The lowest BCUT2D eigenvalue weighted by molar-refractivity contribution is -0.141. The Bertz CT molecular complexity index is 381. The average molecular weight is 253 g/mol. The van der Waals surface area contributed by atoms with Crippen LogP contribution in [-0.4, -0.2) is 28.8 Å². The fourth-order valence-corrected chi connectivity index (χ4v) is 1.97. The topological polar surface area (TPSA) is 66.4 Å². The number of nitrogens with one attached hydrogen (secondary N) is 1. The van der Waals surface area contributed by atoms with Crippen molar-refractivity contribution in [3.05, 3.63) is 30.3 Å². The molecule has 0 aliphatic heterocycles. The predicted molar refractivity (Wildman–Crippen MR) is 67.0 cm³/mol. The molecule has 0 heterocycles. The van der Waals surface area contributed by atoms with E-state index in [1.165, 1.54) is 11.8 Å². The molecule has 0 fully saturated rings. The van der Waals surface area contributed by atoms with Gasteiger partial charge in [-0.3, -0.25) is 4.79 Å². The van der Waals surface area contributed by atoms with Gasteiger partial charge in [-0.2, -0.15) is 0 Å². The first-order valence-electron chi connectivity index (χ1n) is 5.33. The quantitative estimate of drug-likeness (QED) is 0.758. The molecule has 0 bridgehead atoms. The fraction of sp³-hybridized carbons (Fsp3) is 0.333. The number of rotatable bonds is 6. The van der Waals surface area contributed by atoms with Crippen LogP contribution >= 0.6 is 11.8 Å². The van der Waals surface area contributed by atoms with E-state index in [0.29, 0.717) is 6.42 Å². The third-order valence-electron chi connectivity index (χ3n) is 2.15. The Morgan fingerprint density at radius 2 is 2.00 bits per heavy atom. The van der Waals surface area contributed by atoms with Gasteiger partial charge in [-0.1, -0.05) is 25.1 Å². The highest BCUT2D eigenvalue weighted by Gasteiger charge is 2.17. The van der Waals surface area contributed by atoms with Gasteiger partial charge in [0.05, 0.1) is 5.75 Å². The van der Waals surface area contributed by atoms with Gasteiger partial charge in [0.25, 0.3) is 0 Å². The van der Waals surface area contributed by atoms with Crippen LogP contribution in [0.2, 0.25) is 0 Å². The summed E-state index contributed by atoms with van der Waals surface area (Å²) in [5.74, 6) is -1.02. The first-order valence-corrected chi connectivity index (χ1v) is 6.32. The molecule has 1 atom stereocenters. The fourth-order valence-electron chi connectivity index (χ4n) is 1.24. The van der Waals surface area contributed by atoms with Crippen LogP contribution in [-0.2, 0) is 9.59 Å². The first kappa shape index (κ1) is 13.6. The number of carbonyl (C=O) groups excluding carboxylic acids is 1. The lowest BCUT2D eigenvalue weighted by atomic mass is 10.2. The highest BCUT2D eigenvalue weighted by Crippen LogP contribution is 2.16. The minimum absolute atomic E-state index is 0.230. The van der Waals surface area contributed by atoms with Crippen molar-refractivity contribution in [3.63, 3.8) is 0 Å². The predicted octanol–water partition coefficient (Wildman–Crippen LogP) is 1.76.